The smallest absolute Gasteiger partial charge is 0.416 e. The van der Waals surface area contributed by atoms with Crippen LogP contribution in [0.15, 0.2) is 72.8 Å². The maximum absolute atomic E-state index is 13.0. The number of carboxylic acid groups (broad SMARTS) is 1. The number of rotatable bonds is 9. The molecule has 0 atom stereocenters. The van der Waals surface area contributed by atoms with Crippen LogP contribution in [0, 0.1) is 0 Å². The van der Waals surface area contributed by atoms with Gasteiger partial charge in [0.25, 0.3) is 0 Å². The van der Waals surface area contributed by atoms with E-state index >= 15 is 0 Å². The number of hydrogen-bond acceptors (Lipinski definition) is 7. The number of carboxylic acids is 1. The predicted octanol–water partition coefficient (Wildman–Crippen LogP) is 5.35. The molecule has 13 heteroatoms. The van der Waals surface area contributed by atoms with E-state index in [-0.39, 0.29) is 31.3 Å². The molecular formula is C28H22F3N5O4S. The van der Waals surface area contributed by atoms with Crippen molar-refractivity contribution in [2.45, 2.75) is 25.9 Å². The highest BCUT2D eigenvalue weighted by molar-refractivity contribution is 7.22. The van der Waals surface area contributed by atoms with Gasteiger partial charge in [0.15, 0.2) is 10.8 Å². The summed E-state index contributed by atoms with van der Waals surface area (Å²) >= 11 is 1.36. The number of aromatic carboxylic acids is 1. The lowest BCUT2D eigenvalue weighted by Crippen LogP contribution is -2.28. The number of aromatic nitrogens is 3. The topological polar surface area (TPSA) is 132 Å². The minimum atomic E-state index is -4.45. The van der Waals surface area contributed by atoms with Gasteiger partial charge in [0, 0.05) is 12.6 Å². The number of carbonyl (C=O) groups excluding carboxylic acids is 1. The largest absolute Gasteiger partial charge is 0.476 e. The molecular weight excluding hydrogens is 559 g/mol. The number of alkyl halides is 3. The molecule has 2 aromatic heterocycles. The zero-order valence-corrected chi connectivity index (χ0v) is 22.0. The fourth-order valence-corrected chi connectivity index (χ4v) is 4.86. The number of ether oxygens (including phenoxy) is 1. The average Bonchev–Trinajstić information content (AvgIpc) is 3.52. The van der Waals surface area contributed by atoms with Gasteiger partial charge in [-0.05, 0) is 46.5 Å². The van der Waals surface area contributed by atoms with Crippen LogP contribution in [0.4, 0.5) is 18.3 Å². The quantitative estimate of drug-likeness (QED) is 0.214. The first kappa shape index (κ1) is 27.6. The molecule has 1 amide bonds. The molecule has 5 aromatic rings. The molecule has 210 valence electrons. The number of benzene rings is 3. The first-order chi connectivity index (χ1) is 19.6. The number of carbonyl (C=O) groups is 2. The maximum Gasteiger partial charge on any atom is 0.416 e. The fourth-order valence-electron chi connectivity index (χ4n) is 4.15. The Morgan fingerprint density at radius 2 is 1.80 bits per heavy atom. The summed E-state index contributed by atoms with van der Waals surface area (Å²) in [5.74, 6) is -1.69. The SMILES string of the molecule is Nc1nc2cc(CNC(=O)Cn3nc(C(=O)O)cc3OCc3ccccc3-c3ccc(C(F)(F)F)cc3)ccc2s1. The molecule has 41 heavy (non-hydrogen) atoms. The van der Waals surface area contributed by atoms with Crippen molar-refractivity contribution in [3.05, 3.63) is 95.2 Å². The summed E-state index contributed by atoms with van der Waals surface area (Å²) in [5.41, 5.74) is 8.04. The van der Waals surface area contributed by atoms with Gasteiger partial charge in [-0.15, -0.1) is 0 Å². The second-order valence-corrected chi connectivity index (χ2v) is 10.0. The Morgan fingerprint density at radius 3 is 2.54 bits per heavy atom. The third-order valence-electron chi connectivity index (χ3n) is 6.13. The van der Waals surface area contributed by atoms with E-state index in [4.69, 9.17) is 10.5 Å². The van der Waals surface area contributed by atoms with Gasteiger partial charge in [-0.1, -0.05) is 53.8 Å². The Hall–Kier alpha value is -4.91. The number of amides is 1. The van der Waals surface area contributed by atoms with E-state index in [1.165, 1.54) is 29.5 Å². The Kier molecular flexibility index (Phi) is 7.62. The maximum atomic E-state index is 13.0. The minimum absolute atomic E-state index is 0.0409. The Morgan fingerprint density at radius 1 is 1.05 bits per heavy atom. The molecule has 0 saturated carbocycles. The van der Waals surface area contributed by atoms with E-state index in [1.807, 2.05) is 18.2 Å². The second-order valence-electron chi connectivity index (χ2n) is 8.98. The van der Waals surface area contributed by atoms with Gasteiger partial charge < -0.3 is 20.9 Å². The van der Waals surface area contributed by atoms with Crippen molar-refractivity contribution in [2.24, 2.45) is 0 Å². The van der Waals surface area contributed by atoms with Crippen LogP contribution in [-0.2, 0) is 30.7 Å². The number of nitrogens with two attached hydrogens (primary N) is 1. The average molecular weight is 582 g/mol. The molecule has 0 aliphatic carbocycles. The number of nitrogens with one attached hydrogen (secondary N) is 1. The molecule has 0 radical (unpaired) electrons. The van der Waals surface area contributed by atoms with Gasteiger partial charge in [0.1, 0.15) is 13.2 Å². The Labute approximate surface area is 235 Å². The molecule has 3 aromatic carbocycles. The lowest BCUT2D eigenvalue weighted by Gasteiger charge is -2.13. The van der Waals surface area contributed by atoms with Gasteiger partial charge in [-0.2, -0.15) is 18.3 Å². The summed E-state index contributed by atoms with van der Waals surface area (Å²) in [4.78, 5) is 28.5. The minimum Gasteiger partial charge on any atom is -0.476 e. The van der Waals surface area contributed by atoms with Crippen LogP contribution in [0.2, 0.25) is 0 Å². The monoisotopic (exact) mass is 581 g/mol. The summed E-state index contributed by atoms with van der Waals surface area (Å²) in [5, 5.41) is 16.6. The zero-order chi connectivity index (χ0) is 29.1. The second kappa shape index (κ2) is 11.3. The van der Waals surface area contributed by atoms with Gasteiger partial charge >= 0.3 is 12.1 Å². The normalized spacial score (nSPS) is 11.5. The molecule has 2 heterocycles. The van der Waals surface area contributed by atoms with Crippen molar-refractivity contribution in [1.82, 2.24) is 20.1 Å². The van der Waals surface area contributed by atoms with Crippen LogP contribution in [0.5, 0.6) is 5.88 Å². The number of thiazole rings is 1. The lowest BCUT2D eigenvalue weighted by atomic mass is 9.99. The third-order valence-corrected chi connectivity index (χ3v) is 7.00. The number of halogens is 3. The number of anilines is 1. The van der Waals surface area contributed by atoms with E-state index in [0.717, 1.165) is 32.6 Å². The van der Waals surface area contributed by atoms with Gasteiger partial charge in [0.05, 0.1) is 15.8 Å². The van der Waals surface area contributed by atoms with Crippen LogP contribution in [0.25, 0.3) is 21.3 Å². The van der Waals surface area contributed by atoms with Crippen molar-refractivity contribution >= 4 is 38.6 Å². The highest BCUT2D eigenvalue weighted by Gasteiger charge is 2.30. The van der Waals surface area contributed by atoms with Crippen LogP contribution in [0.3, 0.4) is 0 Å². The van der Waals surface area contributed by atoms with Crippen molar-refractivity contribution in [3.63, 3.8) is 0 Å². The van der Waals surface area contributed by atoms with E-state index in [2.05, 4.69) is 15.4 Å². The first-order valence-corrected chi connectivity index (χ1v) is 13.0. The molecule has 9 nitrogen and oxygen atoms in total. The van der Waals surface area contributed by atoms with Crippen molar-refractivity contribution in [1.29, 1.82) is 0 Å². The molecule has 0 spiro atoms. The van der Waals surface area contributed by atoms with Crippen LogP contribution in [0.1, 0.15) is 27.2 Å². The number of fused-ring (bicyclic) bond motifs is 1. The molecule has 4 N–H and O–H groups in total. The third kappa shape index (κ3) is 6.47. The van der Waals surface area contributed by atoms with Crippen molar-refractivity contribution < 1.29 is 32.6 Å². The summed E-state index contributed by atoms with van der Waals surface area (Å²) < 4.78 is 46.9. The highest BCUT2D eigenvalue weighted by Crippen LogP contribution is 2.32. The summed E-state index contributed by atoms with van der Waals surface area (Å²) in [6, 6.07) is 18.5. The molecule has 0 bridgehead atoms. The standard InChI is InChI=1S/C28H22F3N5O4S/c29-28(30,31)19-8-6-17(7-9-19)20-4-2-1-3-18(20)15-40-25-12-22(26(38)39)35-36(25)14-24(37)33-13-16-5-10-23-21(11-16)34-27(32)41-23/h1-12H,13-15H2,(H2,32,34)(H,33,37)(H,38,39). The summed E-state index contributed by atoms with van der Waals surface area (Å²) in [6.45, 7) is -0.161. The van der Waals surface area contributed by atoms with E-state index in [1.54, 1.807) is 24.3 Å². The number of nitrogens with zero attached hydrogens (tertiary/aromatic N) is 3. The van der Waals surface area contributed by atoms with E-state index < -0.39 is 23.6 Å². The molecule has 0 aliphatic rings. The molecule has 0 aliphatic heterocycles. The van der Waals surface area contributed by atoms with Crippen molar-refractivity contribution in [3.8, 4) is 17.0 Å². The predicted molar refractivity (Wildman–Crippen MR) is 146 cm³/mol. The highest BCUT2D eigenvalue weighted by atomic mass is 32.1. The van der Waals surface area contributed by atoms with Crippen molar-refractivity contribution in [2.75, 3.05) is 5.73 Å². The van der Waals surface area contributed by atoms with E-state index in [0.29, 0.717) is 21.8 Å². The zero-order valence-electron chi connectivity index (χ0n) is 21.2. The fraction of sp³-hybridized carbons (Fsp3) is 0.143. The van der Waals surface area contributed by atoms with Crippen LogP contribution < -0.4 is 15.8 Å². The number of hydrogen-bond donors (Lipinski definition) is 3. The lowest BCUT2D eigenvalue weighted by molar-refractivity contribution is -0.137. The Bertz CT molecular complexity index is 1730. The van der Waals surface area contributed by atoms with Gasteiger partial charge in [-0.25, -0.2) is 14.5 Å². The summed E-state index contributed by atoms with van der Waals surface area (Å²) in [7, 11) is 0. The van der Waals surface area contributed by atoms with Gasteiger partial charge in [0.2, 0.25) is 11.8 Å². The Balaban J connectivity index is 1.29. The molecule has 0 saturated heterocycles. The molecule has 5 rings (SSSR count). The van der Waals surface area contributed by atoms with Crippen LogP contribution in [-0.4, -0.2) is 31.7 Å². The first-order valence-electron chi connectivity index (χ1n) is 12.2. The molecule has 0 fully saturated rings. The molecule has 0 unspecified atom stereocenters. The van der Waals surface area contributed by atoms with Crippen LogP contribution >= 0.6 is 11.3 Å². The van der Waals surface area contributed by atoms with E-state index in [9.17, 15) is 27.9 Å². The summed E-state index contributed by atoms with van der Waals surface area (Å²) in [6.07, 6.45) is -4.45. The van der Waals surface area contributed by atoms with Gasteiger partial charge in [-0.3, -0.25) is 4.79 Å². The number of nitrogen functional groups attached to an aromatic ring is 1.